The molecule has 0 bridgehead atoms. The molecule has 3 N–H and O–H groups in total. The highest BCUT2D eigenvalue weighted by molar-refractivity contribution is 6.31. The van der Waals surface area contributed by atoms with Crippen LogP contribution in [0.25, 0.3) is 0 Å². The van der Waals surface area contributed by atoms with Gasteiger partial charge in [0.2, 0.25) is 0 Å². The van der Waals surface area contributed by atoms with E-state index in [9.17, 15) is 4.79 Å². The third-order valence-corrected chi connectivity index (χ3v) is 2.52. The van der Waals surface area contributed by atoms with Gasteiger partial charge in [-0.25, -0.2) is 0 Å². The Hall–Kier alpha value is -1.26. The van der Waals surface area contributed by atoms with Crippen molar-refractivity contribution in [2.24, 2.45) is 5.73 Å². The van der Waals surface area contributed by atoms with E-state index < -0.39 is 5.91 Å². The number of rotatable bonds is 5. The van der Waals surface area contributed by atoms with Crippen LogP contribution in [0.1, 0.15) is 16.8 Å². The molecular formula is C11H15ClN2O2. The monoisotopic (exact) mass is 242 g/mol. The van der Waals surface area contributed by atoms with Crippen molar-refractivity contribution in [1.29, 1.82) is 0 Å². The number of primary amides is 1. The van der Waals surface area contributed by atoms with Gasteiger partial charge in [-0.05, 0) is 24.6 Å². The summed E-state index contributed by atoms with van der Waals surface area (Å²) in [6.07, 6.45) is 0.636. The Kier molecular flexibility index (Phi) is 4.58. The van der Waals surface area contributed by atoms with E-state index in [0.717, 1.165) is 5.69 Å². The van der Waals surface area contributed by atoms with E-state index >= 15 is 0 Å². The molecule has 5 heteroatoms. The van der Waals surface area contributed by atoms with Crippen LogP contribution in [0.15, 0.2) is 18.2 Å². The highest BCUT2D eigenvalue weighted by Gasteiger charge is 2.12. The van der Waals surface area contributed by atoms with Gasteiger partial charge in [-0.3, -0.25) is 4.79 Å². The van der Waals surface area contributed by atoms with Crippen molar-refractivity contribution >= 4 is 23.2 Å². The van der Waals surface area contributed by atoms with Gasteiger partial charge in [0.25, 0.3) is 5.91 Å². The minimum Gasteiger partial charge on any atom is -0.396 e. The second-order valence-corrected chi connectivity index (χ2v) is 3.96. The van der Waals surface area contributed by atoms with Crippen LogP contribution < -0.4 is 10.6 Å². The molecule has 1 aromatic rings. The van der Waals surface area contributed by atoms with E-state index in [1.165, 1.54) is 0 Å². The molecule has 0 aliphatic heterocycles. The standard InChI is InChI=1S/C11H15ClN2O2/c1-14(5-2-6-15)10-4-3-8(12)7-9(10)11(13)16/h3-4,7,15H,2,5-6H2,1H3,(H2,13,16). The number of halogens is 1. The van der Waals surface area contributed by atoms with Gasteiger partial charge in [-0.2, -0.15) is 0 Å². The maximum absolute atomic E-state index is 11.2. The zero-order chi connectivity index (χ0) is 12.1. The topological polar surface area (TPSA) is 66.6 Å². The van der Waals surface area contributed by atoms with Gasteiger partial charge >= 0.3 is 0 Å². The van der Waals surface area contributed by atoms with Crippen molar-refractivity contribution < 1.29 is 9.90 Å². The molecule has 0 radical (unpaired) electrons. The third kappa shape index (κ3) is 3.12. The third-order valence-electron chi connectivity index (χ3n) is 2.29. The van der Waals surface area contributed by atoms with Crippen molar-refractivity contribution in [3.05, 3.63) is 28.8 Å². The predicted molar refractivity (Wildman–Crippen MR) is 64.9 cm³/mol. The van der Waals surface area contributed by atoms with Crippen LogP contribution in [0.3, 0.4) is 0 Å². The summed E-state index contributed by atoms with van der Waals surface area (Å²) >= 11 is 5.80. The SMILES string of the molecule is CN(CCCO)c1ccc(Cl)cc1C(N)=O. The smallest absolute Gasteiger partial charge is 0.250 e. The predicted octanol–water partition coefficient (Wildman–Crippen LogP) is 1.26. The average Bonchev–Trinajstić information content (AvgIpc) is 2.25. The van der Waals surface area contributed by atoms with Crippen LogP contribution in [0, 0.1) is 0 Å². The second kappa shape index (κ2) is 5.72. The highest BCUT2D eigenvalue weighted by Crippen LogP contribution is 2.23. The second-order valence-electron chi connectivity index (χ2n) is 3.52. The Balaban J connectivity index is 2.98. The van der Waals surface area contributed by atoms with Crippen LogP contribution in [0.2, 0.25) is 5.02 Å². The maximum atomic E-state index is 11.2. The molecule has 0 fully saturated rings. The Bertz CT molecular complexity index is 382. The molecule has 0 spiro atoms. The fourth-order valence-electron chi connectivity index (χ4n) is 1.47. The van der Waals surface area contributed by atoms with Crippen LogP contribution in [-0.4, -0.2) is 31.2 Å². The first-order valence-electron chi connectivity index (χ1n) is 4.97. The molecule has 0 unspecified atom stereocenters. The lowest BCUT2D eigenvalue weighted by atomic mass is 10.1. The van der Waals surface area contributed by atoms with Crippen LogP contribution in [0.5, 0.6) is 0 Å². The molecule has 1 rings (SSSR count). The number of nitrogens with zero attached hydrogens (tertiary/aromatic N) is 1. The molecule has 4 nitrogen and oxygen atoms in total. The summed E-state index contributed by atoms with van der Waals surface area (Å²) in [6, 6.07) is 5.01. The lowest BCUT2D eigenvalue weighted by Gasteiger charge is -2.21. The molecular weight excluding hydrogens is 228 g/mol. The van der Waals surface area contributed by atoms with Gasteiger partial charge < -0.3 is 15.7 Å². The fraction of sp³-hybridized carbons (Fsp3) is 0.364. The number of carbonyl (C=O) groups is 1. The highest BCUT2D eigenvalue weighted by atomic mass is 35.5. The fourth-order valence-corrected chi connectivity index (χ4v) is 1.64. The first-order chi connectivity index (χ1) is 7.56. The molecule has 88 valence electrons. The molecule has 0 atom stereocenters. The summed E-state index contributed by atoms with van der Waals surface area (Å²) in [5, 5.41) is 9.22. The van der Waals surface area contributed by atoms with E-state index in [2.05, 4.69) is 0 Å². The number of amides is 1. The molecule has 1 aromatic carbocycles. The Labute approximate surface area is 99.6 Å². The molecule has 0 saturated heterocycles. The largest absolute Gasteiger partial charge is 0.396 e. The van der Waals surface area contributed by atoms with Gasteiger partial charge in [-0.1, -0.05) is 11.6 Å². The van der Waals surface area contributed by atoms with Crippen molar-refractivity contribution in [2.45, 2.75) is 6.42 Å². The van der Waals surface area contributed by atoms with Crippen molar-refractivity contribution in [1.82, 2.24) is 0 Å². The van der Waals surface area contributed by atoms with Gasteiger partial charge in [0.1, 0.15) is 0 Å². The quantitative estimate of drug-likeness (QED) is 0.817. The average molecular weight is 243 g/mol. The number of hydrogen-bond acceptors (Lipinski definition) is 3. The normalized spacial score (nSPS) is 10.2. The number of carbonyl (C=O) groups excluding carboxylic acids is 1. The van der Waals surface area contributed by atoms with Gasteiger partial charge in [0.15, 0.2) is 0 Å². The molecule has 16 heavy (non-hydrogen) atoms. The van der Waals surface area contributed by atoms with Crippen LogP contribution in [-0.2, 0) is 0 Å². The van der Waals surface area contributed by atoms with Crippen LogP contribution >= 0.6 is 11.6 Å². The van der Waals surface area contributed by atoms with E-state index in [-0.39, 0.29) is 6.61 Å². The van der Waals surface area contributed by atoms with Gasteiger partial charge in [0, 0.05) is 30.9 Å². The van der Waals surface area contributed by atoms with Crippen molar-refractivity contribution in [3.8, 4) is 0 Å². The summed E-state index contributed by atoms with van der Waals surface area (Å²) in [5.74, 6) is -0.506. The number of anilines is 1. The Morgan fingerprint density at radius 1 is 1.56 bits per heavy atom. The first-order valence-corrected chi connectivity index (χ1v) is 5.35. The number of aliphatic hydroxyl groups excluding tert-OH is 1. The summed E-state index contributed by atoms with van der Waals surface area (Å²) in [7, 11) is 1.84. The Morgan fingerprint density at radius 2 is 2.25 bits per heavy atom. The molecule has 0 saturated carbocycles. The summed E-state index contributed by atoms with van der Waals surface area (Å²) < 4.78 is 0. The summed E-state index contributed by atoms with van der Waals surface area (Å²) in [4.78, 5) is 13.1. The number of nitrogens with two attached hydrogens (primary N) is 1. The molecule has 1 amide bonds. The van der Waals surface area contributed by atoms with E-state index in [1.54, 1.807) is 18.2 Å². The summed E-state index contributed by atoms with van der Waals surface area (Å²) in [6.45, 7) is 0.766. The zero-order valence-electron chi connectivity index (χ0n) is 9.11. The van der Waals surface area contributed by atoms with Crippen molar-refractivity contribution in [2.75, 3.05) is 25.1 Å². The lowest BCUT2D eigenvalue weighted by molar-refractivity contribution is 0.100. The van der Waals surface area contributed by atoms with Gasteiger partial charge in [0.05, 0.1) is 5.56 Å². The molecule has 0 aromatic heterocycles. The lowest BCUT2D eigenvalue weighted by Crippen LogP contribution is -2.23. The van der Waals surface area contributed by atoms with Gasteiger partial charge in [-0.15, -0.1) is 0 Å². The summed E-state index contributed by atoms with van der Waals surface area (Å²) in [5.41, 5.74) is 6.40. The number of benzene rings is 1. The molecule has 0 aliphatic carbocycles. The van der Waals surface area contributed by atoms with Crippen molar-refractivity contribution in [3.63, 3.8) is 0 Å². The molecule has 0 heterocycles. The zero-order valence-corrected chi connectivity index (χ0v) is 9.87. The minimum absolute atomic E-state index is 0.115. The van der Waals surface area contributed by atoms with E-state index in [1.807, 2.05) is 11.9 Å². The Morgan fingerprint density at radius 3 is 2.81 bits per heavy atom. The molecule has 0 aliphatic rings. The number of aliphatic hydroxyl groups is 1. The number of hydrogen-bond donors (Lipinski definition) is 2. The minimum atomic E-state index is -0.506. The first kappa shape index (κ1) is 12.8. The van der Waals surface area contributed by atoms with Crippen LogP contribution in [0.4, 0.5) is 5.69 Å². The van der Waals surface area contributed by atoms with E-state index in [4.69, 9.17) is 22.4 Å². The maximum Gasteiger partial charge on any atom is 0.250 e. The van der Waals surface area contributed by atoms with E-state index in [0.29, 0.717) is 23.6 Å².